The minimum atomic E-state index is 0.353. The molecule has 1 heterocycles. The van der Waals surface area contributed by atoms with E-state index < -0.39 is 0 Å². The summed E-state index contributed by atoms with van der Waals surface area (Å²) in [5.41, 5.74) is 1.31. The minimum Gasteiger partial charge on any atom is -0.508 e. The number of aromatic hydroxyl groups is 1. The molecule has 1 aliphatic rings. The van der Waals surface area contributed by atoms with E-state index in [1.54, 1.807) is 12.1 Å². The Balaban J connectivity index is 1.99. The van der Waals surface area contributed by atoms with Gasteiger partial charge in [0.05, 0.1) is 0 Å². The number of phenols is 1. The van der Waals surface area contributed by atoms with E-state index in [4.69, 9.17) is 0 Å². The largest absolute Gasteiger partial charge is 0.508 e. The summed E-state index contributed by atoms with van der Waals surface area (Å²) in [6.07, 6.45) is 4.00. The molecule has 0 bridgehead atoms. The van der Waals surface area contributed by atoms with Crippen LogP contribution in [0.15, 0.2) is 24.3 Å². The molecule has 2 nitrogen and oxygen atoms in total. The maximum Gasteiger partial charge on any atom is 0.115 e. The third-order valence-corrected chi connectivity index (χ3v) is 4.67. The zero-order chi connectivity index (χ0) is 13.8. The van der Waals surface area contributed by atoms with Gasteiger partial charge < -0.3 is 5.11 Å². The highest BCUT2D eigenvalue weighted by atomic mass is 16.3. The molecule has 2 heteroatoms. The Hall–Kier alpha value is -1.02. The fraction of sp³-hybridized carbons (Fsp3) is 0.647. The fourth-order valence-corrected chi connectivity index (χ4v) is 3.16. The quantitative estimate of drug-likeness (QED) is 0.881. The Morgan fingerprint density at radius 3 is 2.37 bits per heavy atom. The maximum absolute atomic E-state index is 9.38. The summed E-state index contributed by atoms with van der Waals surface area (Å²) in [4.78, 5) is 2.59. The maximum atomic E-state index is 9.38. The molecule has 0 spiro atoms. The van der Waals surface area contributed by atoms with Crippen LogP contribution < -0.4 is 0 Å². The van der Waals surface area contributed by atoms with E-state index in [2.05, 4.69) is 25.7 Å². The van der Waals surface area contributed by atoms with E-state index in [9.17, 15) is 5.11 Å². The second-order valence-electron chi connectivity index (χ2n) is 6.24. The van der Waals surface area contributed by atoms with Crippen LogP contribution in [-0.2, 0) is 0 Å². The molecule has 1 aliphatic heterocycles. The molecule has 2 unspecified atom stereocenters. The van der Waals surface area contributed by atoms with E-state index >= 15 is 0 Å². The molecule has 1 aromatic rings. The third-order valence-electron chi connectivity index (χ3n) is 4.67. The summed E-state index contributed by atoms with van der Waals surface area (Å²) in [5, 5.41) is 9.38. The van der Waals surface area contributed by atoms with Crippen molar-refractivity contribution in [3.8, 4) is 5.75 Å². The van der Waals surface area contributed by atoms with E-state index in [-0.39, 0.29) is 0 Å². The number of phenolic OH excluding ortho intramolecular Hbond substituents is 1. The second kappa shape index (κ2) is 6.42. The Kier molecular flexibility index (Phi) is 4.87. The molecule has 106 valence electrons. The van der Waals surface area contributed by atoms with E-state index in [1.807, 2.05) is 12.1 Å². The van der Waals surface area contributed by atoms with Crippen molar-refractivity contribution < 1.29 is 5.11 Å². The van der Waals surface area contributed by atoms with Crippen molar-refractivity contribution in [2.45, 2.75) is 46.1 Å². The van der Waals surface area contributed by atoms with E-state index in [1.165, 1.54) is 37.9 Å². The van der Waals surface area contributed by atoms with Gasteiger partial charge in [0.25, 0.3) is 0 Å². The monoisotopic (exact) mass is 261 g/mol. The van der Waals surface area contributed by atoms with Crippen LogP contribution >= 0.6 is 0 Å². The van der Waals surface area contributed by atoms with Crippen LogP contribution in [0.1, 0.15) is 51.6 Å². The van der Waals surface area contributed by atoms with Gasteiger partial charge in [0.1, 0.15) is 5.75 Å². The van der Waals surface area contributed by atoms with Gasteiger partial charge in [-0.05, 0) is 68.8 Å². The van der Waals surface area contributed by atoms with Crippen LogP contribution in [-0.4, -0.2) is 23.1 Å². The molecule has 1 aromatic carbocycles. The lowest BCUT2D eigenvalue weighted by Gasteiger charge is -2.28. The summed E-state index contributed by atoms with van der Waals surface area (Å²) in [7, 11) is 0. The summed E-state index contributed by atoms with van der Waals surface area (Å²) in [6, 6.07) is 8.13. The Morgan fingerprint density at radius 1 is 1.05 bits per heavy atom. The van der Waals surface area contributed by atoms with Crippen molar-refractivity contribution in [2.24, 2.45) is 11.8 Å². The summed E-state index contributed by atoms with van der Waals surface area (Å²) in [6.45, 7) is 9.38. The normalized spacial score (nSPS) is 23.3. The number of hydrogen-bond donors (Lipinski definition) is 1. The first kappa shape index (κ1) is 14.4. The molecule has 1 N–H and O–H groups in total. The summed E-state index contributed by atoms with van der Waals surface area (Å²) in [5.74, 6) is 2.05. The van der Waals surface area contributed by atoms with Crippen LogP contribution in [0.4, 0.5) is 0 Å². The van der Waals surface area contributed by atoms with Crippen LogP contribution in [0.25, 0.3) is 0 Å². The lowest BCUT2D eigenvalue weighted by atomic mass is 9.89. The van der Waals surface area contributed by atoms with Crippen LogP contribution in [0.5, 0.6) is 5.75 Å². The van der Waals surface area contributed by atoms with Gasteiger partial charge in [-0.2, -0.15) is 0 Å². The van der Waals surface area contributed by atoms with Crippen molar-refractivity contribution in [2.75, 3.05) is 13.1 Å². The van der Waals surface area contributed by atoms with Crippen molar-refractivity contribution in [1.82, 2.24) is 4.90 Å². The van der Waals surface area contributed by atoms with Crippen LogP contribution in [0.3, 0.4) is 0 Å². The van der Waals surface area contributed by atoms with Crippen molar-refractivity contribution in [1.29, 1.82) is 0 Å². The van der Waals surface area contributed by atoms with Gasteiger partial charge in [-0.25, -0.2) is 0 Å². The van der Waals surface area contributed by atoms with Gasteiger partial charge in [0.2, 0.25) is 0 Å². The Bertz CT molecular complexity index is 385. The van der Waals surface area contributed by atoms with Gasteiger partial charge >= 0.3 is 0 Å². The van der Waals surface area contributed by atoms with E-state index in [0.717, 1.165) is 11.8 Å². The summed E-state index contributed by atoms with van der Waals surface area (Å²) >= 11 is 0. The average Bonchev–Trinajstić information content (AvgIpc) is 2.64. The molecule has 0 aromatic heterocycles. The minimum absolute atomic E-state index is 0.353. The molecule has 1 fully saturated rings. The first-order chi connectivity index (χ1) is 9.08. The molecule has 19 heavy (non-hydrogen) atoms. The lowest BCUT2D eigenvalue weighted by molar-refractivity contribution is 0.212. The lowest BCUT2D eigenvalue weighted by Crippen LogP contribution is -2.28. The third kappa shape index (κ3) is 3.73. The van der Waals surface area contributed by atoms with Gasteiger partial charge in [-0.15, -0.1) is 0 Å². The highest BCUT2D eigenvalue weighted by Crippen LogP contribution is 2.29. The first-order valence-electron chi connectivity index (χ1n) is 7.61. The average molecular weight is 261 g/mol. The molecule has 1 saturated heterocycles. The standard InChI is InChI=1S/C17H27NO/c1-13(2)15-5-4-11-18(12-10-15)14(3)16-6-8-17(19)9-7-16/h6-9,13-15,19H,4-5,10-12H2,1-3H3. The molecular formula is C17H27NO. The second-order valence-corrected chi connectivity index (χ2v) is 6.24. The van der Waals surface area contributed by atoms with E-state index in [0.29, 0.717) is 11.8 Å². The molecule has 0 amide bonds. The van der Waals surface area contributed by atoms with Crippen molar-refractivity contribution in [3.05, 3.63) is 29.8 Å². The molecule has 2 rings (SSSR count). The Morgan fingerprint density at radius 2 is 1.74 bits per heavy atom. The van der Waals surface area contributed by atoms with Gasteiger partial charge in [0.15, 0.2) is 0 Å². The number of likely N-dealkylation sites (tertiary alicyclic amines) is 1. The number of nitrogens with zero attached hydrogens (tertiary/aromatic N) is 1. The zero-order valence-corrected chi connectivity index (χ0v) is 12.5. The first-order valence-corrected chi connectivity index (χ1v) is 7.61. The molecular weight excluding hydrogens is 234 g/mol. The van der Waals surface area contributed by atoms with Crippen molar-refractivity contribution in [3.63, 3.8) is 0 Å². The number of hydrogen-bond acceptors (Lipinski definition) is 2. The highest BCUT2D eigenvalue weighted by Gasteiger charge is 2.22. The van der Waals surface area contributed by atoms with Gasteiger partial charge in [0, 0.05) is 6.04 Å². The smallest absolute Gasteiger partial charge is 0.115 e. The predicted octanol–water partition coefficient (Wildman–Crippen LogP) is 4.21. The zero-order valence-electron chi connectivity index (χ0n) is 12.5. The molecule has 0 saturated carbocycles. The SMILES string of the molecule is CC(C)C1CCCN(C(C)c2ccc(O)cc2)CC1. The topological polar surface area (TPSA) is 23.5 Å². The van der Waals surface area contributed by atoms with Gasteiger partial charge in [-0.3, -0.25) is 4.90 Å². The fourth-order valence-electron chi connectivity index (χ4n) is 3.16. The molecule has 2 atom stereocenters. The van der Waals surface area contributed by atoms with Crippen LogP contribution in [0, 0.1) is 11.8 Å². The molecule has 0 aliphatic carbocycles. The number of rotatable bonds is 3. The Labute approximate surface area is 117 Å². The van der Waals surface area contributed by atoms with Crippen molar-refractivity contribution >= 4 is 0 Å². The van der Waals surface area contributed by atoms with Crippen LogP contribution in [0.2, 0.25) is 0 Å². The van der Waals surface area contributed by atoms with Gasteiger partial charge in [-0.1, -0.05) is 26.0 Å². The number of benzene rings is 1. The summed E-state index contributed by atoms with van der Waals surface area (Å²) < 4.78 is 0. The molecule has 0 radical (unpaired) electrons. The highest BCUT2D eigenvalue weighted by molar-refractivity contribution is 5.27. The predicted molar refractivity (Wildman–Crippen MR) is 80.3 cm³/mol.